The minimum absolute atomic E-state index is 0.0197. The molecule has 8 heteroatoms. The third-order valence-corrected chi connectivity index (χ3v) is 4.84. The van der Waals surface area contributed by atoms with Crippen molar-refractivity contribution in [3.8, 4) is 11.5 Å². The maximum absolute atomic E-state index is 12.3. The van der Waals surface area contributed by atoms with Crippen LogP contribution < -0.4 is 20.3 Å². The van der Waals surface area contributed by atoms with Gasteiger partial charge in [-0.3, -0.25) is 9.59 Å². The van der Waals surface area contributed by atoms with Gasteiger partial charge in [0.25, 0.3) is 5.56 Å². The zero-order chi connectivity index (χ0) is 20.8. The molecule has 1 aromatic carbocycles. The summed E-state index contributed by atoms with van der Waals surface area (Å²) >= 11 is 0. The quantitative estimate of drug-likeness (QED) is 0.699. The number of nitrogens with one attached hydrogen (secondary N) is 2. The van der Waals surface area contributed by atoms with E-state index in [9.17, 15) is 9.59 Å². The molecule has 0 spiro atoms. The number of carbonyl (C=O) groups excluding carboxylic acids is 1. The van der Waals surface area contributed by atoms with Crippen LogP contribution in [0.2, 0.25) is 0 Å². The van der Waals surface area contributed by atoms with Crippen molar-refractivity contribution in [2.45, 2.75) is 45.8 Å². The van der Waals surface area contributed by atoms with E-state index < -0.39 is 0 Å². The van der Waals surface area contributed by atoms with E-state index in [-0.39, 0.29) is 24.0 Å². The van der Waals surface area contributed by atoms with Gasteiger partial charge in [0, 0.05) is 24.4 Å². The summed E-state index contributed by atoms with van der Waals surface area (Å²) in [6.07, 6.45) is 2.18. The zero-order valence-electron chi connectivity index (χ0n) is 17.0. The van der Waals surface area contributed by atoms with Crippen molar-refractivity contribution in [2.24, 2.45) is 0 Å². The fourth-order valence-corrected chi connectivity index (χ4v) is 3.28. The van der Waals surface area contributed by atoms with E-state index in [0.29, 0.717) is 41.7 Å². The van der Waals surface area contributed by atoms with Crippen LogP contribution in [0.1, 0.15) is 35.5 Å². The van der Waals surface area contributed by atoms with Crippen LogP contribution in [0, 0.1) is 13.8 Å². The van der Waals surface area contributed by atoms with Crippen LogP contribution in [-0.2, 0) is 22.5 Å². The average Bonchev–Trinajstić information content (AvgIpc) is 3.21. The first kappa shape index (κ1) is 20.9. The highest BCUT2D eigenvalue weighted by atomic mass is 16.5. The lowest BCUT2D eigenvalue weighted by Gasteiger charge is -2.15. The van der Waals surface area contributed by atoms with Gasteiger partial charge in [-0.1, -0.05) is 6.07 Å². The number of benzene rings is 1. The summed E-state index contributed by atoms with van der Waals surface area (Å²) in [4.78, 5) is 31.2. The Balaban J connectivity index is 1.57. The number of ether oxygens (including phenoxy) is 3. The Bertz CT molecular complexity index is 919. The minimum atomic E-state index is -0.278. The Morgan fingerprint density at radius 2 is 2.17 bits per heavy atom. The van der Waals surface area contributed by atoms with Gasteiger partial charge in [0.1, 0.15) is 12.4 Å². The summed E-state index contributed by atoms with van der Waals surface area (Å²) in [6, 6.07) is 5.53. The highest BCUT2D eigenvalue weighted by Gasteiger charge is 2.17. The molecule has 2 aromatic rings. The number of hydrogen-bond donors (Lipinski definition) is 2. The van der Waals surface area contributed by atoms with Crippen molar-refractivity contribution in [1.82, 2.24) is 15.3 Å². The molecule has 1 amide bonds. The molecule has 29 heavy (non-hydrogen) atoms. The number of nitrogens with zero attached hydrogens (tertiary/aromatic N) is 1. The van der Waals surface area contributed by atoms with Gasteiger partial charge in [-0.05, 0) is 44.4 Å². The molecular weight excluding hydrogens is 374 g/mol. The molecule has 1 aliphatic heterocycles. The Hall–Kier alpha value is -2.87. The van der Waals surface area contributed by atoms with Gasteiger partial charge in [-0.15, -0.1) is 0 Å². The molecule has 0 aliphatic carbocycles. The molecule has 1 atom stereocenters. The normalized spacial score (nSPS) is 15.9. The molecule has 1 fully saturated rings. The Kier molecular flexibility index (Phi) is 6.87. The number of aryl methyl sites for hydroxylation is 2. The first-order chi connectivity index (χ1) is 14.0. The van der Waals surface area contributed by atoms with Gasteiger partial charge < -0.3 is 24.5 Å². The van der Waals surface area contributed by atoms with E-state index in [2.05, 4.69) is 15.3 Å². The SMILES string of the molecule is COc1cc(CNC(=O)Cc2c(C)nc(C)[nH]c2=O)ccc1OCC1CCCO1. The van der Waals surface area contributed by atoms with Gasteiger partial charge in [-0.2, -0.15) is 0 Å². The molecule has 1 saturated heterocycles. The van der Waals surface area contributed by atoms with Crippen molar-refractivity contribution in [3.05, 3.63) is 51.2 Å². The van der Waals surface area contributed by atoms with Crippen molar-refractivity contribution in [1.29, 1.82) is 0 Å². The van der Waals surface area contributed by atoms with Gasteiger partial charge >= 0.3 is 0 Å². The fraction of sp³-hybridized carbons (Fsp3) is 0.476. The Labute approximate surface area is 169 Å². The highest BCUT2D eigenvalue weighted by Crippen LogP contribution is 2.29. The smallest absolute Gasteiger partial charge is 0.254 e. The molecule has 0 radical (unpaired) electrons. The van der Waals surface area contributed by atoms with E-state index >= 15 is 0 Å². The molecule has 1 unspecified atom stereocenters. The van der Waals surface area contributed by atoms with Crippen LogP contribution in [0.5, 0.6) is 11.5 Å². The molecule has 2 N–H and O–H groups in total. The number of rotatable bonds is 8. The van der Waals surface area contributed by atoms with Gasteiger partial charge in [0.2, 0.25) is 5.91 Å². The molecule has 0 saturated carbocycles. The zero-order valence-corrected chi connectivity index (χ0v) is 17.0. The van der Waals surface area contributed by atoms with Gasteiger partial charge in [0.15, 0.2) is 11.5 Å². The predicted molar refractivity (Wildman–Crippen MR) is 107 cm³/mol. The van der Waals surface area contributed by atoms with Gasteiger partial charge in [0.05, 0.1) is 19.6 Å². The van der Waals surface area contributed by atoms with Crippen molar-refractivity contribution in [3.63, 3.8) is 0 Å². The summed E-state index contributed by atoms with van der Waals surface area (Å²) in [5.74, 6) is 1.53. The average molecular weight is 401 g/mol. The van der Waals surface area contributed by atoms with Crippen LogP contribution in [0.15, 0.2) is 23.0 Å². The van der Waals surface area contributed by atoms with Crippen molar-refractivity contribution >= 4 is 5.91 Å². The van der Waals surface area contributed by atoms with E-state index in [1.807, 2.05) is 18.2 Å². The largest absolute Gasteiger partial charge is 0.493 e. The summed E-state index contributed by atoms with van der Waals surface area (Å²) in [7, 11) is 1.58. The first-order valence-corrected chi connectivity index (χ1v) is 9.70. The molecule has 1 aromatic heterocycles. The molecule has 1 aliphatic rings. The number of H-pyrrole nitrogens is 1. The molecule has 3 rings (SSSR count). The van der Waals surface area contributed by atoms with E-state index in [0.717, 1.165) is 25.0 Å². The lowest BCUT2D eigenvalue weighted by Crippen LogP contribution is -2.29. The third kappa shape index (κ3) is 5.57. The molecule has 8 nitrogen and oxygen atoms in total. The van der Waals surface area contributed by atoms with Crippen LogP contribution in [0.3, 0.4) is 0 Å². The Morgan fingerprint density at radius 1 is 1.34 bits per heavy atom. The highest BCUT2D eigenvalue weighted by molar-refractivity contribution is 5.78. The summed E-state index contributed by atoms with van der Waals surface area (Å²) in [6.45, 7) is 5.03. The van der Waals surface area contributed by atoms with Crippen LogP contribution in [-0.4, -0.2) is 42.3 Å². The number of amides is 1. The third-order valence-electron chi connectivity index (χ3n) is 4.84. The molecule has 2 heterocycles. The van der Waals surface area contributed by atoms with Crippen LogP contribution >= 0.6 is 0 Å². The predicted octanol–water partition coefficient (Wildman–Crippen LogP) is 1.81. The molecule has 156 valence electrons. The van der Waals surface area contributed by atoms with Crippen molar-refractivity contribution in [2.75, 3.05) is 20.3 Å². The second kappa shape index (κ2) is 9.56. The maximum Gasteiger partial charge on any atom is 0.254 e. The van der Waals surface area contributed by atoms with E-state index in [4.69, 9.17) is 14.2 Å². The fourth-order valence-electron chi connectivity index (χ4n) is 3.28. The number of aromatic nitrogens is 2. The second-order valence-corrected chi connectivity index (χ2v) is 7.10. The Morgan fingerprint density at radius 3 is 2.86 bits per heavy atom. The number of methoxy groups -OCH3 is 1. The lowest BCUT2D eigenvalue weighted by atomic mass is 10.1. The summed E-state index contributed by atoms with van der Waals surface area (Å²) < 4.78 is 16.8. The number of aromatic amines is 1. The standard InChI is InChI=1S/C21H27N3O5/c1-13-17(21(26)24-14(2)23-13)10-20(25)22-11-15-6-7-18(19(9-15)27-3)29-12-16-5-4-8-28-16/h6-7,9,16H,4-5,8,10-12H2,1-3H3,(H,22,25)(H,23,24,26). The van der Waals surface area contributed by atoms with Crippen LogP contribution in [0.25, 0.3) is 0 Å². The second-order valence-electron chi connectivity index (χ2n) is 7.10. The minimum Gasteiger partial charge on any atom is -0.493 e. The van der Waals surface area contributed by atoms with E-state index in [1.165, 1.54) is 0 Å². The molecular formula is C21H27N3O5. The topological polar surface area (TPSA) is 103 Å². The number of hydrogen-bond acceptors (Lipinski definition) is 6. The summed E-state index contributed by atoms with van der Waals surface area (Å²) in [5, 5.41) is 2.83. The van der Waals surface area contributed by atoms with Crippen LogP contribution in [0.4, 0.5) is 0 Å². The van der Waals surface area contributed by atoms with E-state index in [1.54, 1.807) is 21.0 Å². The summed E-state index contributed by atoms with van der Waals surface area (Å²) in [5.41, 5.74) is 1.53. The first-order valence-electron chi connectivity index (χ1n) is 9.70. The monoisotopic (exact) mass is 401 g/mol. The van der Waals surface area contributed by atoms with Gasteiger partial charge in [-0.25, -0.2) is 4.98 Å². The molecule has 0 bridgehead atoms. The maximum atomic E-state index is 12.3. The number of carbonyl (C=O) groups is 1. The van der Waals surface area contributed by atoms with Crippen molar-refractivity contribution < 1.29 is 19.0 Å². The lowest BCUT2D eigenvalue weighted by molar-refractivity contribution is -0.120.